The number of thiophene rings is 1. The molecule has 0 bridgehead atoms. The summed E-state index contributed by atoms with van der Waals surface area (Å²) in [5, 5.41) is 6.75. The standard InChI is InChI=1S/C20H26F3N5O2S/c1-19(2,3)26-15(29)10-27-5-7-28(8-6-27)14-9-13(20(21,22)23)17-16(25-14)12(11-31-17)18(30)24-4/h9,11H,5-8,10H2,1-4H3,(H,24,30)(H,26,29). The molecule has 2 amide bonds. The van der Waals surface area contributed by atoms with E-state index in [1.165, 1.54) is 12.4 Å². The first-order valence-electron chi connectivity index (χ1n) is 9.89. The minimum Gasteiger partial charge on any atom is -0.355 e. The Morgan fingerprint density at radius 2 is 1.81 bits per heavy atom. The quantitative estimate of drug-likeness (QED) is 0.738. The van der Waals surface area contributed by atoms with Crippen LogP contribution in [0.25, 0.3) is 10.2 Å². The van der Waals surface area contributed by atoms with Crippen molar-refractivity contribution in [3.05, 3.63) is 22.6 Å². The van der Waals surface area contributed by atoms with E-state index in [1.54, 1.807) is 4.90 Å². The molecule has 0 aromatic carbocycles. The summed E-state index contributed by atoms with van der Waals surface area (Å²) in [6.45, 7) is 7.84. The van der Waals surface area contributed by atoms with Gasteiger partial charge in [-0.3, -0.25) is 14.5 Å². The number of fused-ring (bicyclic) bond motifs is 1. The number of carbonyl (C=O) groups is 2. The van der Waals surface area contributed by atoms with Gasteiger partial charge in [0, 0.05) is 44.1 Å². The Balaban J connectivity index is 1.82. The van der Waals surface area contributed by atoms with E-state index >= 15 is 0 Å². The van der Waals surface area contributed by atoms with Gasteiger partial charge in [-0.1, -0.05) is 0 Å². The average molecular weight is 458 g/mol. The highest BCUT2D eigenvalue weighted by atomic mass is 32.1. The van der Waals surface area contributed by atoms with Crippen molar-refractivity contribution >= 4 is 39.2 Å². The van der Waals surface area contributed by atoms with Crippen LogP contribution in [-0.4, -0.2) is 67.0 Å². The number of hydrogen-bond acceptors (Lipinski definition) is 6. The van der Waals surface area contributed by atoms with E-state index in [1.807, 2.05) is 25.7 Å². The summed E-state index contributed by atoms with van der Waals surface area (Å²) in [5.41, 5.74) is -0.928. The number of rotatable bonds is 4. The lowest BCUT2D eigenvalue weighted by Crippen LogP contribution is -2.52. The number of hydrogen-bond donors (Lipinski definition) is 2. The molecule has 2 N–H and O–H groups in total. The molecule has 1 fully saturated rings. The number of alkyl halides is 3. The van der Waals surface area contributed by atoms with Crippen molar-refractivity contribution in [3.63, 3.8) is 0 Å². The highest BCUT2D eigenvalue weighted by molar-refractivity contribution is 7.17. The largest absolute Gasteiger partial charge is 0.417 e. The maximum atomic E-state index is 13.7. The Hall–Kier alpha value is -2.40. The lowest BCUT2D eigenvalue weighted by atomic mass is 10.1. The summed E-state index contributed by atoms with van der Waals surface area (Å²) in [5.74, 6) is -0.380. The summed E-state index contributed by atoms with van der Waals surface area (Å²) in [6.07, 6.45) is -4.56. The number of amides is 2. The van der Waals surface area contributed by atoms with Crippen LogP contribution in [-0.2, 0) is 11.0 Å². The van der Waals surface area contributed by atoms with Crippen molar-refractivity contribution in [2.45, 2.75) is 32.5 Å². The van der Waals surface area contributed by atoms with Gasteiger partial charge in [-0.2, -0.15) is 13.2 Å². The Kier molecular flexibility index (Phi) is 6.47. The van der Waals surface area contributed by atoms with Gasteiger partial charge in [0.05, 0.1) is 27.9 Å². The van der Waals surface area contributed by atoms with E-state index in [4.69, 9.17) is 0 Å². The van der Waals surface area contributed by atoms with Gasteiger partial charge in [-0.05, 0) is 26.8 Å². The van der Waals surface area contributed by atoms with Gasteiger partial charge in [0.15, 0.2) is 0 Å². The first-order chi connectivity index (χ1) is 14.4. The minimum absolute atomic E-state index is 0.0488. The number of piperazine rings is 1. The molecule has 1 aliphatic rings. The number of halogens is 3. The third kappa shape index (κ3) is 5.45. The molecule has 3 heterocycles. The Bertz CT molecular complexity index is 976. The molecule has 0 spiro atoms. The first-order valence-corrected chi connectivity index (χ1v) is 10.8. The van der Waals surface area contributed by atoms with E-state index in [-0.39, 0.29) is 39.6 Å². The monoisotopic (exact) mass is 457 g/mol. The molecule has 0 atom stereocenters. The average Bonchev–Trinajstić information content (AvgIpc) is 3.08. The van der Waals surface area contributed by atoms with Gasteiger partial charge in [0.1, 0.15) is 5.82 Å². The van der Waals surface area contributed by atoms with Crippen molar-refractivity contribution in [2.24, 2.45) is 0 Å². The van der Waals surface area contributed by atoms with Crippen LogP contribution in [0.2, 0.25) is 0 Å². The van der Waals surface area contributed by atoms with Crippen molar-refractivity contribution in [3.8, 4) is 0 Å². The summed E-state index contributed by atoms with van der Waals surface area (Å²) in [6, 6.07) is 1.05. The number of anilines is 1. The maximum Gasteiger partial charge on any atom is 0.417 e. The molecule has 170 valence electrons. The molecule has 1 saturated heterocycles. The molecule has 1 aliphatic heterocycles. The van der Waals surface area contributed by atoms with Gasteiger partial charge >= 0.3 is 6.18 Å². The molecular weight excluding hydrogens is 431 g/mol. The van der Waals surface area contributed by atoms with Crippen LogP contribution in [0.1, 0.15) is 36.7 Å². The second-order valence-corrected chi connectivity index (χ2v) is 9.37. The smallest absolute Gasteiger partial charge is 0.355 e. The fraction of sp³-hybridized carbons (Fsp3) is 0.550. The van der Waals surface area contributed by atoms with E-state index in [0.29, 0.717) is 26.2 Å². The number of aromatic nitrogens is 1. The molecule has 2 aromatic rings. The van der Waals surface area contributed by atoms with Gasteiger partial charge in [-0.25, -0.2) is 4.98 Å². The second-order valence-electron chi connectivity index (χ2n) is 8.49. The molecule has 0 unspecified atom stereocenters. The van der Waals surface area contributed by atoms with E-state index < -0.39 is 17.6 Å². The van der Waals surface area contributed by atoms with Gasteiger partial charge in [0.25, 0.3) is 5.91 Å². The van der Waals surface area contributed by atoms with Gasteiger partial charge in [-0.15, -0.1) is 11.3 Å². The van der Waals surface area contributed by atoms with Gasteiger partial charge in [0.2, 0.25) is 5.91 Å². The topological polar surface area (TPSA) is 77.6 Å². The number of carbonyl (C=O) groups excluding carboxylic acids is 2. The van der Waals surface area contributed by atoms with Crippen LogP contribution >= 0.6 is 11.3 Å². The maximum absolute atomic E-state index is 13.7. The number of nitrogens with zero attached hydrogens (tertiary/aromatic N) is 3. The Labute approximate surface area is 182 Å². The van der Waals surface area contributed by atoms with Crippen molar-refractivity contribution in [2.75, 3.05) is 44.7 Å². The van der Waals surface area contributed by atoms with Gasteiger partial charge < -0.3 is 15.5 Å². The molecule has 2 aromatic heterocycles. The van der Waals surface area contributed by atoms with Crippen molar-refractivity contribution < 1.29 is 22.8 Å². The van der Waals surface area contributed by atoms with Crippen LogP contribution in [0.3, 0.4) is 0 Å². The van der Waals surface area contributed by atoms with E-state index in [0.717, 1.165) is 17.4 Å². The third-order valence-electron chi connectivity index (χ3n) is 4.86. The summed E-state index contributed by atoms with van der Waals surface area (Å²) >= 11 is 0.864. The summed E-state index contributed by atoms with van der Waals surface area (Å²) in [4.78, 5) is 32.4. The lowest BCUT2D eigenvalue weighted by Gasteiger charge is -2.35. The molecule has 0 aliphatic carbocycles. The molecule has 7 nitrogen and oxygen atoms in total. The second kappa shape index (κ2) is 8.62. The van der Waals surface area contributed by atoms with Crippen molar-refractivity contribution in [1.29, 1.82) is 0 Å². The molecule has 31 heavy (non-hydrogen) atoms. The number of nitrogens with one attached hydrogen (secondary N) is 2. The minimum atomic E-state index is -4.56. The number of pyridine rings is 1. The van der Waals surface area contributed by atoms with Crippen LogP contribution in [0.5, 0.6) is 0 Å². The molecule has 11 heteroatoms. The van der Waals surface area contributed by atoms with Crippen LogP contribution < -0.4 is 15.5 Å². The summed E-state index contributed by atoms with van der Waals surface area (Å²) < 4.78 is 41.1. The van der Waals surface area contributed by atoms with Crippen LogP contribution in [0.15, 0.2) is 11.4 Å². The lowest BCUT2D eigenvalue weighted by molar-refractivity contribution is -0.136. The molecule has 0 radical (unpaired) electrons. The van der Waals surface area contributed by atoms with E-state index in [2.05, 4.69) is 15.6 Å². The first kappa shape index (κ1) is 23.3. The zero-order chi connectivity index (χ0) is 23.0. The Morgan fingerprint density at radius 3 is 2.35 bits per heavy atom. The fourth-order valence-electron chi connectivity index (χ4n) is 3.46. The molecular formula is C20H26F3N5O2S. The predicted octanol–water partition coefficient (Wildman–Crippen LogP) is 2.71. The SMILES string of the molecule is CNC(=O)c1csc2c(C(F)(F)F)cc(N3CCN(CC(=O)NC(C)(C)C)CC3)nc12. The van der Waals surface area contributed by atoms with Crippen LogP contribution in [0.4, 0.5) is 19.0 Å². The van der Waals surface area contributed by atoms with E-state index in [9.17, 15) is 22.8 Å². The normalized spacial score (nSPS) is 15.9. The highest BCUT2D eigenvalue weighted by Gasteiger charge is 2.36. The highest BCUT2D eigenvalue weighted by Crippen LogP contribution is 2.40. The zero-order valence-electron chi connectivity index (χ0n) is 17.9. The van der Waals surface area contributed by atoms with Crippen molar-refractivity contribution in [1.82, 2.24) is 20.5 Å². The van der Waals surface area contributed by atoms with Crippen LogP contribution in [0, 0.1) is 0 Å². The third-order valence-corrected chi connectivity index (χ3v) is 5.87. The molecule has 3 rings (SSSR count). The Morgan fingerprint density at radius 1 is 1.16 bits per heavy atom. The zero-order valence-corrected chi connectivity index (χ0v) is 18.7. The fourth-order valence-corrected chi connectivity index (χ4v) is 4.48. The molecule has 0 saturated carbocycles. The predicted molar refractivity (Wildman–Crippen MR) is 115 cm³/mol. The summed E-state index contributed by atoms with van der Waals surface area (Å²) in [7, 11) is 1.43.